The summed E-state index contributed by atoms with van der Waals surface area (Å²) in [5.74, 6) is 0. The van der Waals surface area contributed by atoms with Gasteiger partial charge in [-0.15, -0.1) is 0 Å². The van der Waals surface area contributed by atoms with Crippen molar-refractivity contribution < 1.29 is 0 Å². The largest absolute Gasteiger partial charge is 0.319 e. The van der Waals surface area contributed by atoms with E-state index in [0.29, 0.717) is 5.41 Å². The first kappa shape index (κ1) is 15.1. The lowest BCUT2D eigenvalue weighted by Crippen LogP contribution is -2.45. The van der Waals surface area contributed by atoms with Crippen LogP contribution in [-0.2, 0) is 13.0 Å². The van der Waals surface area contributed by atoms with Crippen LogP contribution in [0.4, 0.5) is 0 Å². The maximum atomic E-state index is 3.49. The fraction of sp³-hybridized carbons (Fsp3) is 0.684. The summed E-state index contributed by atoms with van der Waals surface area (Å²) >= 11 is 0. The third kappa shape index (κ3) is 3.67. The van der Waals surface area contributed by atoms with Crippen LogP contribution in [0.1, 0.15) is 49.7 Å². The summed E-state index contributed by atoms with van der Waals surface area (Å²) in [5, 5.41) is 3.49. The molecule has 0 unspecified atom stereocenters. The zero-order valence-corrected chi connectivity index (χ0v) is 13.5. The van der Waals surface area contributed by atoms with E-state index in [1.165, 1.54) is 64.6 Å². The Kier molecular flexibility index (Phi) is 4.97. The average molecular weight is 286 g/mol. The zero-order chi connectivity index (χ0) is 14.5. The summed E-state index contributed by atoms with van der Waals surface area (Å²) < 4.78 is 0. The SMILES string of the molecule is CNCC1(CN2CCc3ccccc3C2)CCCCCC1. The molecule has 0 atom stereocenters. The number of benzene rings is 1. The minimum atomic E-state index is 0.511. The molecule has 0 amide bonds. The molecule has 1 fully saturated rings. The Morgan fingerprint density at radius 3 is 2.48 bits per heavy atom. The van der Waals surface area contributed by atoms with E-state index in [0.717, 1.165) is 6.54 Å². The third-order valence-corrected chi connectivity index (χ3v) is 5.48. The maximum Gasteiger partial charge on any atom is 0.0236 e. The molecular formula is C19H30N2. The predicted molar refractivity (Wildman–Crippen MR) is 89.5 cm³/mol. The van der Waals surface area contributed by atoms with Crippen LogP contribution in [-0.4, -0.2) is 31.6 Å². The van der Waals surface area contributed by atoms with E-state index in [2.05, 4.69) is 41.5 Å². The lowest BCUT2D eigenvalue weighted by atomic mass is 9.79. The van der Waals surface area contributed by atoms with Crippen LogP contribution in [0.3, 0.4) is 0 Å². The van der Waals surface area contributed by atoms with Gasteiger partial charge in [-0.1, -0.05) is 49.9 Å². The first-order valence-corrected chi connectivity index (χ1v) is 8.75. The van der Waals surface area contributed by atoms with Crippen LogP contribution < -0.4 is 5.32 Å². The van der Waals surface area contributed by atoms with E-state index in [1.807, 2.05) is 0 Å². The molecule has 0 spiro atoms. The summed E-state index contributed by atoms with van der Waals surface area (Å²) in [6, 6.07) is 9.00. The molecule has 1 aromatic rings. The molecule has 0 saturated heterocycles. The van der Waals surface area contributed by atoms with Gasteiger partial charge < -0.3 is 5.32 Å². The van der Waals surface area contributed by atoms with E-state index >= 15 is 0 Å². The van der Waals surface area contributed by atoms with Crippen LogP contribution in [0, 0.1) is 5.41 Å². The van der Waals surface area contributed by atoms with Crippen molar-refractivity contribution in [3.63, 3.8) is 0 Å². The Morgan fingerprint density at radius 2 is 1.76 bits per heavy atom. The number of rotatable bonds is 4. The van der Waals surface area contributed by atoms with Gasteiger partial charge in [0.15, 0.2) is 0 Å². The highest BCUT2D eigenvalue weighted by Gasteiger charge is 2.33. The second-order valence-electron chi connectivity index (χ2n) is 7.17. The molecule has 0 aromatic heterocycles. The van der Waals surface area contributed by atoms with Gasteiger partial charge in [0, 0.05) is 26.2 Å². The normalized spacial score (nSPS) is 22.5. The number of hydrogen-bond acceptors (Lipinski definition) is 2. The lowest BCUT2D eigenvalue weighted by Gasteiger charge is -2.40. The predicted octanol–water partition coefficient (Wildman–Crippen LogP) is 3.60. The van der Waals surface area contributed by atoms with Crippen molar-refractivity contribution in [2.24, 2.45) is 5.41 Å². The van der Waals surface area contributed by atoms with Gasteiger partial charge in [-0.25, -0.2) is 0 Å². The summed E-state index contributed by atoms with van der Waals surface area (Å²) in [6.45, 7) is 4.86. The van der Waals surface area contributed by atoms with Gasteiger partial charge in [0.1, 0.15) is 0 Å². The molecule has 1 N–H and O–H groups in total. The maximum absolute atomic E-state index is 3.49. The molecule has 1 aliphatic carbocycles. The molecule has 2 aliphatic rings. The van der Waals surface area contributed by atoms with Crippen LogP contribution in [0.2, 0.25) is 0 Å². The lowest BCUT2D eigenvalue weighted by molar-refractivity contribution is 0.119. The van der Waals surface area contributed by atoms with E-state index in [1.54, 1.807) is 11.1 Å². The first-order chi connectivity index (χ1) is 10.3. The van der Waals surface area contributed by atoms with E-state index < -0.39 is 0 Å². The fourth-order valence-electron chi connectivity index (χ4n) is 4.41. The molecule has 0 radical (unpaired) electrons. The molecule has 1 saturated carbocycles. The summed E-state index contributed by atoms with van der Waals surface area (Å²) in [6.07, 6.45) is 9.77. The van der Waals surface area contributed by atoms with Crippen molar-refractivity contribution in [3.8, 4) is 0 Å². The van der Waals surface area contributed by atoms with Crippen molar-refractivity contribution in [1.82, 2.24) is 10.2 Å². The van der Waals surface area contributed by atoms with Gasteiger partial charge in [-0.3, -0.25) is 4.90 Å². The number of nitrogens with one attached hydrogen (secondary N) is 1. The fourth-order valence-corrected chi connectivity index (χ4v) is 4.41. The molecule has 3 rings (SSSR count). The summed E-state index contributed by atoms with van der Waals surface area (Å²) in [4.78, 5) is 2.71. The summed E-state index contributed by atoms with van der Waals surface area (Å²) in [5.41, 5.74) is 3.63. The zero-order valence-electron chi connectivity index (χ0n) is 13.5. The second-order valence-corrected chi connectivity index (χ2v) is 7.17. The molecule has 2 nitrogen and oxygen atoms in total. The molecular weight excluding hydrogens is 256 g/mol. The number of hydrogen-bond donors (Lipinski definition) is 1. The summed E-state index contributed by atoms with van der Waals surface area (Å²) in [7, 11) is 2.12. The Morgan fingerprint density at radius 1 is 1.05 bits per heavy atom. The Labute approximate surface area is 129 Å². The molecule has 116 valence electrons. The van der Waals surface area contributed by atoms with E-state index in [9.17, 15) is 0 Å². The average Bonchev–Trinajstić information content (AvgIpc) is 2.73. The quantitative estimate of drug-likeness (QED) is 0.851. The Balaban J connectivity index is 1.69. The van der Waals surface area contributed by atoms with Crippen LogP contribution in [0.15, 0.2) is 24.3 Å². The molecule has 21 heavy (non-hydrogen) atoms. The van der Waals surface area contributed by atoms with Crippen molar-refractivity contribution in [1.29, 1.82) is 0 Å². The van der Waals surface area contributed by atoms with Crippen molar-refractivity contribution in [2.45, 2.75) is 51.5 Å². The molecule has 1 aromatic carbocycles. The van der Waals surface area contributed by atoms with Crippen LogP contribution in [0.25, 0.3) is 0 Å². The molecule has 1 aliphatic heterocycles. The second kappa shape index (κ2) is 6.93. The molecule has 1 heterocycles. The van der Waals surface area contributed by atoms with Crippen molar-refractivity contribution >= 4 is 0 Å². The van der Waals surface area contributed by atoms with Gasteiger partial charge in [0.05, 0.1) is 0 Å². The van der Waals surface area contributed by atoms with Gasteiger partial charge in [0.25, 0.3) is 0 Å². The van der Waals surface area contributed by atoms with Gasteiger partial charge in [-0.05, 0) is 42.9 Å². The molecule has 0 bridgehead atoms. The highest BCUT2D eigenvalue weighted by atomic mass is 15.1. The minimum Gasteiger partial charge on any atom is -0.319 e. The standard InChI is InChI=1S/C19H30N2/c1-20-15-19(11-6-2-3-7-12-19)16-21-13-10-17-8-4-5-9-18(17)14-21/h4-5,8-9,20H,2-3,6-7,10-16H2,1H3. The number of fused-ring (bicyclic) bond motifs is 1. The number of nitrogens with zero attached hydrogens (tertiary/aromatic N) is 1. The van der Waals surface area contributed by atoms with Crippen molar-refractivity contribution in [3.05, 3.63) is 35.4 Å². The van der Waals surface area contributed by atoms with E-state index in [-0.39, 0.29) is 0 Å². The van der Waals surface area contributed by atoms with Gasteiger partial charge in [-0.2, -0.15) is 0 Å². The monoisotopic (exact) mass is 286 g/mol. The van der Waals surface area contributed by atoms with Crippen LogP contribution >= 0.6 is 0 Å². The highest BCUT2D eigenvalue weighted by Crippen LogP contribution is 2.36. The Bertz CT molecular complexity index is 447. The van der Waals surface area contributed by atoms with Crippen LogP contribution in [0.5, 0.6) is 0 Å². The highest BCUT2D eigenvalue weighted by molar-refractivity contribution is 5.29. The third-order valence-electron chi connectivity index (χ3n) is 5.48. The van der Waals surface area contributed by atoms with Gasteiger partial charge in [0.2, 0.25) is 0 Å². The van der Waals surface area contributed by atoms with E-state index in [4.69, 9.17) is 0 Å². The van der Waals surface area contributed by atoms with Crippen molar-refractivity contribution in [2.75, 3.05) is 26.7 Å². The Hall–Kier alpha value is -0.860. The first-order valence-electron chi connectivity index (χ1n) is 8.75. The molecule has 2 heteroatoms. The smallest absolute Gasteiger partial charge is 0.0236 e. The minimum absolute atomic E-state index is 0.511. The topological polar surface area (TPSA) is 15.3 Å². The van der Waals surface area contributed by atoms with Gasteiger partial charge >= 0.3 is 0 Å².